The van der Waals surface area contributed by atoms with Gasteiger partial charge in [-0.15, -0.1) is 0 Å². The largest absolute Gasteiger partial charge is 0.496 e. The number of hydrogen-bond donors (Lipinski definition) is 1. The number of benzene rings is 2. The third-order valence-corrected chi connectivity index (χ3v) is 3.80. The van der Waals surface area contributed by atoms with Crippen LogP contribution in [0.2, 0.25) is 5.02 Å². The van der Waals surface area contributed by atoms with E-state index in [2.05, 4.69) is 27.9 Å². The van der Waals surface area contributed by atoms with Crippen LogP contribution in [0.3, 0.4) is 0 Å². The van der Waals surface area contributed by atoms with Crippen molar-refractivity contribution < 1.29 is 9.66 Å². The molecule has 0 aromatic heterocycles. The summed E-state index contributed by atoms with van der Waals surface area (Å²) in [5, 5.41) is 14.7. The van der Waals surface area contributed by atoms with Crippen LogP contribution >= 0.6 is 34.2 Å². The van der Waals surface area contributed by atoms with E-state index in [1.165, 1.54) is 19.2 Å². The molecule has 0 heterocycles. The van der Waals surface area contributed by atoms with E-state index in [4.69, 9.17) is 16.3 Å². The molecule has 0 spiro atoms. The zero-order valence-corrected chi connectivity index (χ0v) is 14.0. The third-order valence-electron chi connectivity index (χ3n) is 2.81. The predicted molar refractivity (Wildman–Crippen MR) is 91.1 cm³/mol. The Kier molecular flexibility index (Phi) is 5.24. The molecule has 0 aliphatic carbocycles. The summed E-state index contributed by atoms with van der Waals surface area (Å²) in [6.45, 7) is 0.415. The number of halogens is 2. The van der Waals surface area contributed by atoms with Crippen LogP contribution < -0.4 is 10.1 Å². The van der Waals surface area contributed by atoms with Crippen molar-refractivity contribution in [1.29, 1.82) is 0 Å². The summed E-state index contributed by atoms with van der Waals surface area (Å²) < 4.78 is 6.12. The molecule has 0 radical (unpaired) electrons. The molecular weight excluding hydrogens is 407 g/mol. The van der Waals surface area contributed by atoms with Crippen molar-refractivity contribution in [2.45, 2.75) is 6.54 Å². The van der Waals surface area contributed by atoms with Crippen LogP contribution in [0.25, 0.3) is 0 Å². The maximum Gasteiger partial charge on any atom is 0.273 e. The number of nitrogens with one attached hydrogen (secondary N) is 1. The molecule has 21 heavy (non-hydrogen) atoms. The molecule has 0 aliphatic rings. The fraction of sp³-hybridized carbons (Fsp3) is 0.143. The number of nitro benzene ring substituents is 1. The van der Waals surface area contributed by atoms with Crippen molar-refractivity contribution in [3.05, 3.63) is 60.7 Å². The van der Waals surface area contributed by atoms with Gasteiger partial charge in [-0.05, 0) is 52.4 Å². The summed E-state index contributed by atoms with van der Waals surface area (Å²) in [7, 11) is 1.48. The molecule has 0 saturated carbocycles. The Balaban J connectivity index is 2.19. The second-order valence-corrected chi connectivity index (χ2v) is 5.93. The van der Waals surface area contributed by atoms with E-state index < -0.39 is 4.92 Å². The Morgan fingerprint density at radius 1 is 1.33 bits per heavy atom. The normalized spacial score (nSPS) is 10.2. The topological polar surface area (TPSA) is 64.4 Å². The maximum absolute atomic E-state index is 10.9. The van der Waals surface area contributed by atoms with Crippen LogP contribution in [-0.2, 0) is 6.54 Å². The van der Waals surface area contributed by atoms with Crippen molar-refractivity contribution >= 4 is 45.6 Å². The van der Waals surface area contributed by atoms with E-state index in [9.17, 15) is 10.1 Å². The fourth-order valence-electron chi connectivity index (χ4n) is 1.80. The van der Waals surface area contributed by atoms with Crippen LogP contribution in [0.4, 0.5) is 11.4 Å². The van der Waals surface area contributed by atoms with E-state index in [0.29, 0.717) is 17.3 Å². The smallest absolute Gasteiger partial charge is 0.273 e. The van der Waals surface area contributed by atoms with Gasteiger partial charge < -0.3 is 10.1 Å². The molecule has 0 fully saturated rings. The minimum absolute atomic E-state index is 0.000132. The summed E-state index contributed by atoms with van der Waals surface area (Å²) in [5.74, 6) is 0.453. The van der Waals surface area contributed by atoms with Gasteiger partial charge in [-0.2, -0.15) is 0 Å². The molecule has 0 amide bonds. The highest BCUT2D eigenvalue weighted by Gasteiger charge is 2.10. The predicted octanol–water partition coefficient (Wildman–Crippen LogP) is 4.47. The van der Waals surface area contributed by atoms with Crippen molar-refractivity contribution in [2.75, 3.05) is 12.4 Å². The number of nitro groups is 1. The molecule has 0 atom stereocenters. The molecule has 2 aromatic carbocycles. The average Bonchev–Trinajstić information content (AvgIpc) is 2.46. The van der Waals surface area contributed by atoms with Crippen molar-refractivity contribution in [1.82, 2.24) is 0 Å². The first-order chi connectivity index (χ1) is 9.99. The van der Waals surface area contributed by atoms with Crippen LogP contribution in [0.1, 0.15) is 5.56 Å². The van der Waals surface area contributed by atoms with Gasteiger partial charge in [-0.1, -0.05) is 11.6 Å². The first kappa shape index (κ1) is 15.8. The summed E-state index contributed by atoms with van der Waals surface area (Å²) in [6.07, 6.45) is 0. The van der Waals surface area contributed by atoms with Crippen molar-refractivity contribution in [2.24, 2.45) is 0 Å². The van der Waals surface area contributed by atoms with Crippen LogP contribution in [0.15, 0.2) is 36.4 Å². The molecule has 0 saturated heterocycles. The standard InChI is InChI=1S/C14H12ClIN2O3/c1-21-12-5-9(4-11(7-12)18(19)20)8-17-14-3-2-10(16)6-13(14)15/h2-7,17H,8H2,1H3. The van der Waals surface area contributed by atoms with E-state index in [1.54, 1.807) is 6.07 Å². The monoisotopic (exact) mass is 418 g/mol. The SMILES string of the molecule is COc1cc(CNc2ccc(I)cc2Cl)cc([N+](=O)[O-])c1. The van der Waals surface area contributed by atoms with Gasteiger partial charge in [-0.25, -0.2) is 0 Å². The lowest BCUT2D eigenvalue weighted by Crippen LogP contribution is -2.01. The highest BCUT2D eigenvalue weighted by atomic mass is 127. The highest BCUT2D eigenvalue weighted by molar-refractivity contribution is 14.1. The average molecular weight is 419 g/mol. The molecule has 2 rings (SSSR count). The summed E-state index contributed by atoms with van der Waals surface area (Å²) in [5.41, 5.74) is 1.53. The zero-order valence-electron chi connectivity index (χ0n) is 11.1. The van der Waals surface area contributed by atoms with Gasteiger partial charge in [0.1, 0.15) is 5.75 Å². The lowest BCUT2D eigenvalue weighted by molar-refractivity contribution is -0.385. The number of non-ortho nitro benzene ring substituents is 1. The highest BCUT2D eigenvalue weighted by Crippen LogP contribution is 2.26. The minimum atomic E-state index is -0.441. The van der Waals surface area contributed by atoms with E-state index in [1.807, 2.05) is 18.2 Å². The fourth-order valence-corrected chi connectivity index (χ4v) is 2.72. The van der Waals surface area contributed by atoms with Gasteiger partial charge in [0.15, 0.2) is 0 Å². The van der Waals surface area contributed by atoms with E-state index >= 15 is 0 Å². The Labute approximate surface area is 140 Å². The first-order valence-corrected chi connectivity index (χ1v) is 7.46. The second kappa shape index (κ2) is 6.95. The van der Waals surface area contributed by atoms with Gasteiger partial charge in [0.25, 0.3) is 5.69 Å². The summed E-state index contributed by atoms with van der Waals surface area (Å²) >= 11 is 8.31. The number of ether oxygens (including phenoxy) is 1. The molecule has 0 unspecified atom stereocenters. The van der Waals surface area contributed by atoms with E-state index in [-0.39, 0.29) is 5.69 Å². The molecule has 0 bridgehead atoms. The molecule has 7 heteroatoms. The van der Waals surface area contributed by atoms with Gasteiger partial charge in [0.2, 0.25) is 0 Å². The number of hydrogen-bond acceptors (Lipinski definition) is 4. The van der Waals surface area contributed by atoms with Crippen molar-refractivity contribution in [3.8, 4) is 5.75 Å². The maximum atomic E-state index is 10.9. The zero-order chi connectivity index (χ0) is 15.4. The lowest BCUT2D eigenvalue weighted by atomic mass is 10.2. The molecular formula is C14H12ClIN2O3. The van der Waals surface area contributed by atoms with Crippen LogP contribution in [-0.4, -0.2) is 12.0 Å². The molecule has 0 aliphatic heterocycles. The Hall–Kier alpha value is -1.54. The molecule has 1 N–H and O–H groups in total. The number of methoxy groups -OCH3 is 1. The lowest BCUT2D eigenvalue weighted by Gasteiger charge is -2.10. The van der Waals surface area contributed by atoms with Crippen molar-refractivity contribution in [3.63, 3.8) is 0 Å². The number of rotatable bonds is 5. The Bertz CT molecular complexity index is 679. The van der Waals surface area contributed by atoms with Crippen LogP contribution in [0.5, 0.6) is 5.75 Å². The van der Waals surface area contributed by atoms with Crippen LogP contribution in [0, 0.1) is 13.7 Å². The third kappa shape index (κ3) is 4.21. The molecule has 5 nitrogen and oxygen atoms in total. The quantitative estimate of drug-likeness (QED) is 0.442. The molecule has 2 aromatic rings. The van der Waals surface area contributed by atoms with Gasteiger partial charge >= 0.3 is 0 Å². The van der Waals surface area contributed by atoms with Gasteiger partial charge in [0, 0.05) is 16.2 Å². The van der Waals surface area contributed by atoms with Gasteiger partial charge in [-0.3, -0.25) is 10.1 Å². The Morgan fingerprint density at radius 3 is 2.71 bits per heavy atom. The summed E-state index contributed by atoms with van der Waals surface area (Å²) in [6, 6.07) is 10.3. The second-order valence-electron chi connectivity index (χ2n) is 4.27. The first-order valence-electron chi connectivity index (χ1n) is 6.01. The van der Waals surface area contributed by atoms with Gasteiger partial charge in [0.05, 0.1) is 28.8 Å². The number of nitrogens with zero attached hydrogens (tertiary/aromatic N) is 1. The van der Waals surface area contributed by atoms with E-state index in [0.717, 1.165) is 14.8 Å². The number of anilines is 1. The summed E-state index contributed by atoms with van der Waals surface area (Å²) in [4.78, 5) is 10.5. The molecule has 110 valence electrons. The minimum Gasteiger partial charge on any atom is -0.496 e. The Morgan fingerprint density at radius 2 is 2.10 bits per heavy atom.